The molecule has 4 atom stereocenters. The van der Waals surface area contributed by atoms with Crippen molar-refractivity contribution in [3.8, 4) is 23.0 Å². The van der Waals surface area contributed by atoms with E-state index in [2.05, 4.69) is 20.1 Å². The normalized spacial score (nSPS) is 27.5. The van der Waals surface area contributed by atoms with E-state index in [0.717, 1.165) is 30.2 Å². The third-order valence-electron chi connectivity index (χ3n) is 9.43. The lowest BCUT2D eigenvalue weighted by Crippen LogP contribution is -2.64. The van der Waals surface area contributed by atoms with Crippen molar-refractivity contribution in [1.82, 2.24) is 25.2 Å². The molecule has 2 unspecified atom stereocenters. The van der Waals surface area contributed by atoms with Crippen LogP contribution < -0.4 is 20.5 Å². The Kier molecular flexibility index (Phi) is 6.09. The number of nitrogens with zero attached hydrogens (tertiary/aromatic N) is 4. The maximum absolute atomic E-state index is 14.4. The van der Waals surface area contributed by atoms with Gasteiger partial charge in [-0.05, 0) is 48.4 Å². The van der Waals surface area contributed by atoms with Gasteiger partial charge in [0.25, 0.3) is 5.56 Å². The number of morpholine rings is 1. The standard InChI is InChI=1S/C31H33FN6O4/c32-19-11-31(6-3-7-37(31)14-19)17-42-30-35-26-10-25(24-9-22(39)8-18-4-1-2-5-23(18)24)34-29(40)27(26)28(36-30)38-20-12-33-13-21(38)16-41-15-20/h1-2,4-5,8-10,19-21,33,39H,3,6-7,11-17H2,(H,34,40)/t19-,20?,21?,31+/m1/s1. The number of rotatable bonds is 5. The van der Waals surface area contributed by atoms with Crippen LogP contribution in [-0.2, 0) is 4.74 Å². The van der Waals surface area contributed by atoms with Crippen molar-refractivity contribution in [2.24, 2.45) is 0 Å². The predicted octanol–water partition coefficient (Wildman–Crippen LogP) is 2.98. The monoisotopic (exact) mass is 572 g/mol. The first-order valence-electron chi connectivity index (χ1n) is 14.7. The SMILES string of the molecule is O=c1[nH]c(-c2cc(O)cc3ccccc23)cc2nc(OC[C@@]34CCCN3C[C@H](F)C4)nc(N3C4CNCC3COC4)c12. The topological polar surface area (TPSA) is 116 Å². The number of hydrogen-bond donors (Lipinski definition) is 3. The second-order valence-electron chi connectivity index (χ2n) is 12.1. The third kappa shape index (κ3) is 4.21. The van der Waals surface area contributed by atoms with Crippen molar-refractivity contribution in [1.29, 1.82) is 0 Å². The number of phenols is 1. The summed E-state index contributed by atoms with van der Waals surface area (Å²) >= 11 is 0. The summed E-state index contributed by atoms with van der Waals surface area (Å²) in [5.41, 5.74) is 1.02. The first-order valence-corrected chi connectivity index (χ1v) is 14.7. The maximum Gasteiger partial charge on any atom is 0.319 e. The van der Waals surface area contributed by atoms with Gasteiger partial charge >= 0.3 is 6.01 Å². The van der Waals surface area contributed by atoms with Crippen LogP contribution in [-0.4, -0.2) is 94.8 Å². The summed E-state index contributed by atoms with van der Waals surface area (Å²) in [6.07, 6.45) is 1.48. The Morgan fingerprint density at radius 3 is 2.83 bits per heavy atom. The van der Waals surface area contributed by atoms with Crippen LogP contribution in [0.5, 0.6) is 11.8 Å². The van der Waals surface area contributed by atoms with Crippen molar-refractivity contribution >= 4 is 27.5 Å². The Bertz CT molecular complexity index is 1730. The third-order valence-corrected chi connectivity index (χ3v) is 9.43. The molecule has 4 saturated heterocycles. The summed E-state index contributed by atoms with van der Waals surface area (Å²) in [4.78, 5) is 30.9. The number of alkyl halides is 1. The van der Waals surface area contributed by atoms with E-state index < -0.39 is 6.17 Å². The first-order chi connectivity index (χ1) is 20.5. The van der Waals surface area contributed by atoms with E-state index in [1.54, 1.807) is 12.1 Å². The number of fused-ring (bicyclic) bond motifs is 5. The average Bonchev–Trinajstić information content (AvgIpc) is 3.50. The van der Waals surface area contributed by atoms with Gasteiger partial charge in [0.15, 0.2) is 0 Å². The summed E-state index contributed by atoms with van der Waals surface area (Å²) in [5.74, 6) is 0.632. The Morgan fingerprint density at radius 2 is 1.98 bits per heavy atom. The van der Waals surface area contributed by atoms with Gasteiger partial charge in [0.1, 0.15) is 29.7 Å². The van der Waals surface area contributed by atoms with Crippen LogP contribution in [0, 0.1) is 0 Å². The molecule has 6 heterocycles. The molecular weight excluding hydrogens is 539 g/mol. The van der Waals surface area contributed by atoms with E-state index in [1.165, 1.54) is 0 Å². The molecule has 0 amide bonds. The van der Waals surface area contributed by atoms with Crippen LogP contribution in [0.25, 0.3) is 32.9 Å². The largest absolute Gasteiger partial charge is 0.508 e. The fourth-order valence-corrected chi connectivity index (χ4v) is 7.56. The Hall–Kier alpha value is -3.80. The van der Waals surface area contributed by atoms with Gasteiger partial charge < -0.3 is 29.8 Å². The lowest BCUT2D eigenvalue weighted by atomic mass is 9.95. The zero-order chi connectivity index (χ0) is 28.4. The van der Waals surface area contributed by atoms with Gasteiger partial charge in [-0.3, -0.25) is 9.69 Å². The summed E-state index contributed by atoms with van der Waals surface area (Å²) in [5, 5.41) is 16.1. The minimum atomic E-state index is -0.861. The van der Waals surface area contributed by atoms with E-state index in [9.17, 15) is 14.3 Å². The van der Waals surface area contributed by atoms with E-state index >= 15 is 0 Å². The number of pyridine rings is 1. The second-order valence-corrected chi connectivity index (χ2v) is 12.1. The number of piperazine rings is 1. The van der Waals surface area contributed by atoms with Crippen LogP contribution in [0.15, 0.2) is 47.3 Å². The molecule has 218 valence electrons. The maximum atomic E-state index is 14.4. The van der Waals surface area contributed by atoms with Crippen LogP contribution in [0.1, 0.15) is 19.3 Å². The van der Waals surface area contributed by atoms with Crippen LogP contribution in [0.3, 0.4) is 0 Å². The molecule has 2 aromatic heterocycles. The number of phenolic OH excluding ortho intramolecular Hbond substituents is 1. The number of ether oxygens (including phenoxy) is 2. The molecule has 4 fully saturated rings. The average molecular weight is 573 g/mol. The molecule has 0 spiro atoms. The highest BCUT2D eigenvalue weighted by atomic mass is 19.1. The van der Waals surface area contributed by atoms with E-state index in [1.807, 2.05) is 30.3 Å². The van der Waals surface area contributed by atoms with Crippen LogP contribution >= 0.6 is 0 Å². The highest BCUT2D eigenvalue weighted by molar-refractivity contribution is 5.99. The Morgan fingerprint density at radius 1 is 1.14 bits per heavy atom. The summed E-state index contributed by atoms with van der Waals surface area (Å²) in [6.45, 7) is 4.06. The van der Waals surface area contributed by atoms with Crippen molar-refractivity contribution in [2.75, 3.05) is 50.9 Å². The smallest absolute Gasteiger partial charge is 0.319 e. The molecule has 4 aromatic rings. The Labute approximate surface area is 241 Å². The van der Waals surface area contributed by atoms with Crippen molar-refractivity contribution < 1.29 is 19.0 Å². The molecule has 2 bridgehead atoms. The number of nitrogens with one attached hydrogen (secondary N) is 2. The molecule has 42 heavy (non-hydrogen) atoms. The number of aromatic amines is 1. The number of benzene rings is 2. The molecule has 0 aliphatic carbocycles. The van der Waals surface area contributed by atoms with Crippen molar-refractivity contribution in [3.63, 3.8) is 0 Å². The molecule has 4 aliphatic heterocycles. The molecule has 11 heteroatoms. The van der Waals surface area contributed by atoms with Gasteiger partial charge in [-0.15, -0.1) is 0 Å². The predicted molar refractivity (Wildman–Crippen MR) is 157 cm³/mol. The summed E-state index contributed by atoms with van der Waals surface area (Å²) < 4.78 is 26.6. The number of halogens is 1. The lowest BCUT2D eigenvalue weighted by Gasteiger charge is -2.46. The van der Waals surface area contributed by atoms with Gasteiger partial charge in [-0.1, -0.05) is 24.3 Å². The summed E-state index contributed by atoms with van der Waals surface area (Å²) in [6, 6.07) is 13.1. The van der Waals surface area contributed by atoms with Crippen molar-refractivity contribution in [2.45, 2.75) is 43.1 Å². The van der Waals surface area contributed by atoms with E-state index in [-0.39, 0.29) is 34.9 Å². The Balaban J connectivity index is 1.27. The highest BCUT2D eigenvalue weighted by Gasteiger charge is 2.49. The van der Waals surface area contributed by atoms with Gasteiger partial charge in [0.2, 0.25) is 0 Å². The molecule has 0 radical (unpaired) electrons. The number of hydrogen-bond acceptors (Lipinski definition) is 9. The van der Waals surface area contributed by atoms with Gasteiger partial charge in [-0.25, -0.2) is 4.39 Å². The second kappa shape index (κ2) is 9.89. The van der Waals surface area contributed by atoms with E-state index in [4.69, 9.17) is 19.4 Å². The summed E-state index contributed by atoms with van der Waals surface area (Å²) in [7, 11) is 0. The molecule has 4 aliphatic rings. The molecule has 3 N–H and O–H groups in total. The fourth-order valence-electron chi connectivity index (χ4n) is 7.56. The number of aromatic hydroxyl groups is 1. The molecule has 8 rings (SSSR count). The first kappa shape index (κ1) is 25.9. The zero-order valence-corrected chi connectivity index (χ0v) is 23.2. The molecular formula is C31H33FN6O4. The zero-order valence-electron chi connectivity index (χ0n) is 23.2. The van der Waals surface area contributed by atoms with Crippen LogP contribution in [0.2, 0.25) is 0 Å². The number of H-pyrrole nitrogens is 1. The number of aromatic nitrogens is 3. The fraction of sp³-hybridized carbons (Fsp3) is 0.452. The van der Waals surface area contributed by atoms with E-state index in [0.29, 0.717) is 73.9 Å². The highest BCUT2D eigenvalue weighted by Crippen LogP contribution is 2.41. The molecule has 2 aromatic carbocycles. The molecule has 10 nitrogen and oxygen atoms in total. The lowest BCUT2D eigenvalue weighted by molar-refractivity contribution is 0.0522. The van der Waals surface area contributed by atoms with Crippen LogP contribution in [0.4, 0.5) is 10.2 Å². The number of anilines is 1. The van der Waals surface area contributed by atoms with Gasteiger partial charge in [0.05, 0.1) is 42.0 Å². The quantitative estimate of drug-likeness (QED) is 0.332. The van der Waals surface area contributed by atoms with Gasteiger partial charge in [-0.2, -0.15) is 9.97 Å². The minimum absolute atomic E-state index is 0.00332. The molecule has 0 saturated carbocycles. The van der Waals surface area contributed by atoms with Gasteiger partial charge in [0, 0.05) is 31.6 Å². The minimum Gasteiger partial charge on any atom is -0.508 e. The van der Waals surface area contributed by atoms with Crippen molar-refractivity contribution in [3.05, 3.63) is 52.8 Å².